The minimum Gasteiger partial charge on any atom is -0.464 e. The molecular formula is C10H13ClN2O2. The summed E-state index contributed by atoms with van der Waals surface area (Å²) in [6.45, 7) is 2.08. The second-order valence-corrected chi connectivity index (χ2v) is 3.47. The Bertz CT molecular complexity index is 355. The minimum absolute atomic E-state index is 0.212. The number of carbonyl (C=O) groups is 1. The first-order valence-electron chi connectivity index (χ1n) is 4.79. The lowest BCUT2D eigenvalue weighted by atomic mass is 10.2. The van der Waals surface area contributed by atoms with Crippen LogP contribution in [0.2, 0.25) is 5.15 Å². The van der Waals surface area contributed by atoms with Crippen molar-refractivity contribution in [2.75, 3.05) is 7.11 Å². The zero-order valence-electron chi connectivity index (χ0n) is 8.79. The fraction of sp³-hybridized carbons (Fsp3) is 0.500. The van der Waals surface area contributed by atoms with E-state index in [1.54, 1.807) is 0 Å². The van der Waals surface area contributed by atoms with Gasteiger partial charge in [0.25, 0.3) is 0 Å². The fourth-order valence-electron chi connectivity index (χ4n) is 1.12. The van der Waals surface area contributed by atoms with E-state index >= 15 is 0 Å². The number of esters is 1. The van der Waals surface area contributed by atoms with Crippen LogP contribution < -0.4 is 0 Å². The maximum Gasteiger partial charge on any atom is 0.356 e. The van der Waals surface area contributed by atoms with Crippen LogP contribution in [-0.4, -0.2) is 23.0 Å². The molecule has 1 rings (SSSR count). The summed E-state index contributed by atoms with van der Waals surface area (Å²) >= 11 is 5.77. The highest BCUT2D eigenvalue weighted by Gasteiger charge is 2.10. The fourth-order valence-corrected chi connectivity index (χ4v) is 1.32. The standard InChI is InChI=1S/C10H13ClN2O2/c1-3-4-5-9-12-7(10(14)15-2)6-8(11)13-9/h6H,3-5H2,1-2H3. The van der Waals surface area contributed by atoms with Gasteiger partial charge in [0.05, 0.1) is 7.11 Å². The molecule has 0 N–H and O–H groups in total. The summed E-state index contributed by atoms with van der Waals surface area (Å²) in [5.74, 6) is 0.0989. The third-order valence-electron chi connectivity index (χ3n) is 1.89. The van der Waals surface area contributed by atoms with Crippen LogP contribution in [-0.2, 0) is 11.2 Å². The second kappa shape index (κ2) is 5.66. The Morgan fingerprint density at radius 3 is 2.87 bits per heavy atom. The van der Waals surface area contributed by atoms with Crippen molar-refractivity contribution < 1.29 is 9.53 Å². The number of hydrogen-bond acceptors (Lipinski definition) is 4. The molecule has 0 aliphatic heterocycles. The van der Waals surface area contributed by atoms with Gasteiger partial charge in [0.1, 0.15) is 11.0 Å². The van der Waals surface area contributed by atoms with Gasteiger partial charge < -0.3 is 4.74 Å². The third-order valence-corrected chi connectivity index (χ3v) is 2.08. The molecule has 0 aliphatic carbocycles. The molecule has 0 saturated carbocycles. The molecule has 15 heavy (non-hydrogen) atoms. The summed E-state index contributed by atoms with van der Waals surface area (Å²) in [6.07, 6.45) is 2.74. The van der Waals surface area contributed by atoms with Crippen LogP contribution in [0.5, 0.6) is 0 Å². The van der Waals surface area contributed by atoms with Crippen molar-refractivity contribution in [2.45, 2.75) is 26.2 Å². The molecule has 1 aromatic heterocycles. The molecule has 0 amide bonds. The number of methoxy groups -OCH3 is 1. The predicted octanol–water partition coefficient (Wildman–Crippen LogP) is 2.26. The normalized spacial score (nSPS) is 10.1. The summed E-state index contributed by atoms with van der Waals surface area (Å²) in [6, 6.07) is 1.41. The second-order valence-electron chi connectivity index (χ2n) is 3.09. The number of carbonyl (C=O) groups excluding carboxylic acids is 1. The molecular weight excluding hydrogens is 216 g/mol. The van der Waals surface area contributed by atoms with E-state index in [9.17, 15) is 4.79 Å². The summed E-state index contributed by atoms with van der Waals surface area (Å²) in [5, 5.41) is 0.275. The van der Waals surface area contributed by atoms with Gasteiger partial charge in [-0.2, -0.15) is 0 Å². The van der Waals surface area contributed by atoms with E-state index in [4.69, 9.17) is 11.6 Å². The van der Waals surface area contributed by atoms with Gasteiger partial charge in [0, 0.05) is 12.5 Å². The van der Waals surface area contributed by atoms with Crippen molar-refractivity contribution >= 4 is 17.6 Å². The van der Waals surface area contributed by atoms with Crippen molar-refractivity contribution in [1.82, 2.24) is 9.97 Å². The first-order chi connectivity index (χ1) is 7.17. The number of aryl methyl sites for hydroxylation is 1. The molecule has 0 spiro atoms. The Hall–Kier alpha value is -1.16. The van der Waals surface area contributed by atoms with Crippen LogP contribution in [0.1, 0.15) is 36.1 Å². The van der Waals surface area contributed by atoms with Gasteiger partial charge in [-0.25, -0.2) is 14.8 Å². The lowest BCUT2D eigenvalue weighted by Crippen LogP contribution is -2.08. The van der Waals surface area contributed by atoms with Crippen molar-refractivity contribution in [2.24, 2.45) is 0 Å². The molecule has 82 valence electrons. The van der Waals surface area contributed by atoms with Crippen molar-refractivity contribution in [3.8, 4) is 0 Å². The summed E-state index contributed by atoms with van der Waals surface area (Å²) in [5.41, 5.74) is 0.212. The van der Waals surface area contributed by atoms with E-state index in [-0.39, 0.29) is 10.8 Å². The van der Waals surface area contributed by atoms with Gasteiger partial charge in [-0.05, 0) is 6.42 Å². The van der Waals surface area contributed by atoms with Gasteiger partial charge >= 0.3 is 5.97 Å². The molecule has 0 fully saturated rings. The molecule has 4 nitrogen and oxygen atoms in total. The van der Waals surface area contributed by atoms with Crippen LogP contribution in [0, 0.1) is 0 Å². The zero-order valence-corrected chi connectivity index (χ0v) is 9.54. The van der Waals surface area contributed by atoms with Crippen LogP contribution in [0.4, 0.5) is 0 Å². The monoisotopic (exact) mass is 228 g/mol. The number of halogens is 1. The summed E-state index contributed by atoms with van der Waals surface area (Å²) in [7, 11) is 1.31. The minimum atomic E-state index is -0.489. The van der Waals surface area contributed by atoms with E-state index in [1.807, 2.05) is 0 Å². The molecule has 5 heteroatoms. The first-order valence-corrected chi connectivity index (χ1v) is 5.17. The van der Waals surface area contributed by atoms with E-state index in [0.717, 1.165) is 19.3 Å². The van der Waals surface area contributed by atoms with E-state index in [0.29, 0.717) is 5.82 Å². The number of unbranched alkanes of at least 4 members (excludes halogenated alkanes) is 1. The first kappa shape index (κ1) is 11.9. The lowest BCUT2D eigenvalue weighted by molar-refractivity contribution is 0.0593. The third kappa shape index (κ3) is 3.47. The molecule has 0 unspecified atom stereocenters. The molecule has 0 atom stereocenters. The number of nitrogens with zero attached hydrogens (tertiary/aromatic N) is 2. The number of ether oxygens (including phenoxy) is 1. The van der Waals surface area contributed by atoms with Crippen LogP contribution in [0.3, 0.4) is 0 Å². The van der Waals surface area contributed by atoms with Gasteiger partial charge in [0.2, 0.25) is 0 Å². The molecule has 0 radical (unpaired) electrons. The van der Waals surface area contributed by atoms with Gasteiger partial charge in [-0.1, -0.05) is 24.9 Å². The van der Waals surface area contributed by atoms with E-state index in [1.165, 1.54) is 13.2 Å². The number of aromatic nitrogens is 2. The van der Waals surface area contributed by atoms with Crippen LogP contribution >= 0.6 is 11.6 Å². The summed E-state index contributed by atoms with van der Waals surface area (Å²) in [4.78, 5) is 19.3. The Kier molecular flexibility index (Phi) is 4.49. The Labute approximate surface area is 93.6 Å². The average molecular weight is 229 g/mol. The number of hydrogen-bond donors (Lipinski definition) is 0. The smallest absolute Gasteiger partial charge is 0.356 e. The highest BCUT2D eigenvalue weighted by atomic mass is 35.5. The topological polar surface area (TPSA) is 52.1 Å². The predicted molar refractivity (Wildman–Crippen MR) is 57.0 cm³/mol. The highest BCUT2D eigenvalue weighted by Crippen LogP contribution is 2.10. The SMILES string of the molecule is CCCCc1nc(Cl)cc(C(=O)OC)n1. The molecule has 0 saturated heterocycles. The van der Waals surface area contributed by atoms with E-state index < -0.39 is 5.97 Å². The lowest BCUT2D eigenvalue weighted by Gasteiger charge is -2.02. The largest absolute Gasteiger partial charge is 0.464 e. The quantitative estimate of drug-likeness (QED) is 0.586. The molecule has 1 heterocycles. The molecule has 1 aromatic rings. The van der Waals surface area contributed by atoms with Gasteiger partial charge in [-0.3, -0.25) is 0 Å². The molecule has 0 aromatic carbocycles. The maximum atomic E-state index is 11.2. The maximum absolute atomic E-state index is 11.2. The van der Waals surface area contributed by atoms with Crippen molar-refractivity contribution in [3.05, 3.63) is 22.7 Å². The van der Waals surface area contributed by atoms with E-state index in [2.05, 4.69) is 21.6 Å². The Morgan fingerprint density at radius 2 is 2.27 bits per heavy atom. The van der Waals surface area contributed by atoms with Gasteiger partial charge in [0.15, 0.2) is 5.69 Å². The molecule has 0 aliphatic rings. The number of rotatable bonds is 4. The average Bonchev–Trinajstić information content (AvgIpc) is 2.24. The zero-order chi connectivity index (χ0) is 11.3. The van der Waals surface area contributed by atoms with Crippen molar-refractivity contribution in [3.63, 3.8) is 0 Å². The Balaban J connectivity index is 2.89. The Morgan fingerprint density at radius 1 is 1.53 bits per heavy atom. The van der Waals surface area contributed by atoms with Crippen LogP contribution in [0.25, 0.3) is 0 Å². The highest BCUT2D eigenvalue weighted by molar-refractivity contribution is 6.29. The van der Waals surface area contributed by atoms with Crippen molar-refractivity contribution in [1.29, 1.82) is 0 Å². The van der Waals surface area contributed by atoms with Crippen LogP contribution in [0.15, 0.2) is 6.07 Å². The summed E-state index contributed by atoms with van der Waals surface area (Å²) < 4.78 is 4.56. The molecule has 0 bridgehead atoms. The van der Waals surface area contributed by atoms with Gasteiger partial charge in [-0.15, -0.1) is 0 Å².